The van der Waals surface area contributed by atoms with Gasteiger partial charge in [0.25, 0.3) is 0 Å². The van der Waals surface area contributed by atoms with E-state index in [0.29, 0.717) is 0 Å². The van der Waals surface area contributed by atoms with E-state index < -0.39 is 2.14 Å². The van der Waals surface area contributed by atoms with Crippen LogP contribution in [0, 0.1) is 0 Å². The van der Waals surface area contributed by atoms with E-state index in [4.69, 9.17) is 4.74 Å². The van der Waals surface area contributed by atoms with Crippen LogP contribution in [0.4, 0.5) is 0 Å². The monoisotopic (exact) mass is 398 g/mol. The van der Waals surface area contributed by atoms with Crippen LogP contribution in [0.15, 0.2) is 24.3 Å². The molecule has 1 nitrogen and oxygen atoms in total. The summed E-state index contributed by atoms with van der Waals surface area (Å²) in [5.74, 6) is 0.857. The normalized spacial score (nSPS) is 12.7. The molecule has 4 heteroatoms. The zero-order valence-electron chi connectivity index (χ0n) is 8.85. The quantitative estimate of drug-likeness (QED) is 0.592. The lowest BCUT2D eigenvalue weighted by Gasteiger charge is -2.25. The molecular formula is C11H13Br3O. The summed E-state index contributed by atoms with van der Waals surface area (Å²) in [5, 5.41) is 0. The van der Waals surface area contributed by atoms with Crippen LogP contribution in [-0.2, 0) is 2.14 Å². The van der Waals surface area contributed by atoms with Gasteiger partial charge in [0.1, 0.15) is 11.4 Å². The summed E-state index contributed by atoms with van der Waals surface area (Å²) in [6.07, 6.45) is 0. The Kier molecular flexibility index (Phi) is 4.29. The molecule has 0 heterocycles. The third-order valence-corrected chi connectivity index (χ3v) is 2.89. The molecule has 0 aliphatic carbocycles. The minimum atomic E-state index is -0.436. The summed E-state index contributed by atoms with van der Waals surface area (Å²) in [5.41, 5.74) is 0.814. The lowest BCUT2D eigenvalue weighted by atomic mass is 10.1. The molecule has 1 aromatic rings. The molecule has 0 bridgehead atoms. The molecule has 0 spiro atoms. The van der Waals surface area contributed by atoms with E-state index in [-0.39, 0.29) is 5.60 Å². The fourth-order valence-corrected chi connectivity index (χ4v) is 2.10. The molecule has 1 aromatic carbocycles. The van der Waals surface area contributed by atoms with Gasteiger partial charge in [0.05, 0.1) is 0 Å². The van der Waals surface area contributed by atoms with Gasteiger partial charge in [-0.3, -0.25) is 0 Å². The molecular weight excluding hydrogens is 388 g/mol. The maximum absolute atomic E-state index is 5.87. The number of para-hydroxylation sites is 1. The molecule has 15 heavy (non-hydrogen) atoms. The highest BCUT2D eigenvalue weighted by Gasteiger charge is 2.26. The number of rotatable bonds is 1. The van der Waals surface area contributed by atoms with Crippen LogP contribution in [0.25, 0.3) is 0 Å². The molecule has 0 aromatic heterocycles. The van der Waals surface area contributed by atoms with Gasteiger partial charge in [-0.1, -0.05) is 66.0 Å². The molecule has 0 N–H and O–H groups in total. The number of benzene rings is 1. The second kappa shape index (κ2) is 4.76. The molecule has 0 atom stereocenters. The standard InChI is InChI=1S/C11H13Br3O/c1-10(2,3)15-9-7-5-4-6-8(9)11(12,13)14/h4-7H,1-3H3. The zero-order chi connectivity index (χ0) is 11.7. The topological polar surface area (TPSA) is 9.23 Å². The Bertz CT molecular complexity index is 336. The van der Waals surface area contributed by atoms with Crippen LogP contribution >= 0.6 is 47.8 Å². The number of ether oxygens (including phenoxy) is 1. The predicted octanol–water partition coefficient (Wildman–Crippen LogP) is 5.16. The van der Waals surface area contributed by atoms with Crippen molar-refractivity contribution in [3.8, 4) is 5.75 Å². The Hall–Kier alpha value is 0.460. The lowest BCUT2D eigenvalue weighted by Crippen LogP contribution is -2.24. The molecule has 0 amide bonds. The van der Waals surface area contributed by atoms with Crippen molar-refractivity contribution >= 4 is 47.8 Å². The highest BCUT2D eigenvalue weighted by molar-refractivity contribution is 9.38. The number of halogens is 3. The molecule has 0 radical (unpaired) electrons. The van der Waals surface area contributed by atoms with Gasteiger partial charge in [-0.2, -0.15) is 0 Å². The summed E-state index contributed by atoms with van der Waals surface area (Å²) in [4.78, 5) is 0. The van der Waals surface area contributed by atoms with Gasteiger partial charge in [-0.25, -0.2) is 0 Å². The van der Waals surface area contributed by atoms with Gasteiger partial charge < -0.3 is 4.74 Å². The Morgan fingerprint density at radius 1 is 1.00 bits per heavy atom. The lowest BCUT2D eigenvalue weighted by molar-refractivity contribution is 0.129. The van der Waals surface area contributed by atoms with E-state index in [1.807, 2.05) is 45.0 Å². The van der Waals surface area contributed by atoms with Crippen LogP contribution in [0.3, 0.4) is 0 Å². The zero-order valence-corrected chi connectivity index (χ0v) is 13.6. The third-order valence-electron chi connectivity index (χ3n) is 1.61. The molecule has 84 valence electrons. The summed E-state index contributed by atoms with van der Waals surface area (Å²) in [6, 6.07) is 7.89. The van der Waals surface area contributed by atoms with E-state index >= 15 is 0 Å². The Labute approximate surface area is 116 Å². The smallest absolute Gasteiger partial charge is 0.163 e. The van der Waals surface area contributed by atoms with E-state index in [9.17, 15) is 0 Å². The maximum Gasteiger partial charge on any atom is 0.163 e. The van der Waals surface area contributed by atoms with Crippen molar-refractivity contribution in [3.63, 3.8) is 0 Å². The van der Waals surface area contributed by atoms with Crippen molar-refractivity contribution in [2.45, 2.75) is 28.5 Å². The third kappa shape index (κ3) is 4.45. The van der Waals surface area contributed by atoms with E-state index in [1.54, 1.807) is 0 Å². The molecule has 0 aliphatic rings. The van der Waals surface area contributed by atoms with Gasteiger partial charge in [0.2, 0.25) is 0 Å². The SMILES string of the molecule is CC(C)(C)Oc1ccccc1C(Br)(Br)Br. The second-order valence-corrected chi connectivity index (χ2v) is 11.0. The Balaban J connectivity index is 3.08. The fraction of sp³-hybridized carbons (Fsp3) is 0.455. The Morgan fingerprint density at radius 3 is 2.00 bits per heavy atom. The van der Waals surface area contributed by atoms with Crippen LogP contribution in [0.5, 0.6) is 5.75 Å². The van der Waals surface area contributed by atoms with Gasteiger partial charge in [0, 0.05) is 5.56 Å². The fourth-order valence-electron chi connectivity index (χ4n) is 1.12. The Morgan fingerprint density at radius 2 is 1.53 bits per heavy atom. The van der Waals surface area contributed by atoms with Crippen LogP contribution in [0.1, 0.15) is 26.3 Å². The molecule has 0 saturated carbocycles. The first-order valence-corrected chi connectivity index (χ1v) is 6.93. The summed E-state index contributed by atoms with van der Waals surface area (Å²) in [7, 11) is 0. The molecule has 0 fully saturated rings. The number of hydrogen-bond donors (Lipinski definition) is 0. The van der Waals surface area contributed by atoms with Crippen LogP contribution < -0.4 is 4.74 Å². The number of hydrogen-bond acceptors (Lipinski definition) is 1. The van der Waals surface area contributed by atoms with E-state index in [2.05, 4.69) is 47.8 Å². The first kappa shape index (κ1) is 13.5. The van der Waals surface area contributed by atoms with Crippen molar-refractivity contribution < 1.29 is 4.74 Å². The van der Waals surface area contributed by atoms with Gasteiger partial charge in [0.15, 0.2) is 2.14 Å². The summed E-state index contributed by atoms with van der Waals surface area (Å²) in [6.45, 7) is 6.09. The van der Waals surface area contributed by atoms with E-state index in [1.165, 1.54) is 0 Å². The predicted molar refractivity (Wildman–Crippen MR) is 75.3 cm³/mol. The first-order chi connectivity index (χ1) is 6.70. The molecule has 0 saturated heterocycles. The van der Waals surface area contributed by atoms with Crippen molar-refractivity contribution in [1.82, 2.24) is 0 Å². The van der Waals surface area contributed by atoms with Crippen LogP contribution in [0.2, 0.25) is 0 Å². The minimum absolute atomic E-state index is 0.200. The number of alkyl halides is 3. The largest absolute Gasteiger partial charge is 0.488 e. The average Bonchev–Trinajstić information content (AvgIpc) is 1.99. The average molecular weight is 401 g/mol. The van der Waals surface area contributed by atoms with Gasteiger partial charge >= 0.3 is 0 Å². The van der Waals surface area contributed by atoms with Gasteiger partial charge in [-0.15, -0.1) is 0 Å². The molecule has 0 unspecified atom stereocenters. The van der Waals surface area contributed by atoms with Gasteiger partial charge in [-0.05, 0) is 26.8 Å². The molecule has 1 rings (SSSR count). The maximum atomic E-state index is 5.87. The van der Waals surface area contributed by atoms with Crippen molar-refractivity contribution in [2.75, 3.05) is 0 Å². The van der Waals surface area contributed by atoms with Crippen molar-refractivity contribution in [3.05, 3.63) is 29.8 Å². The first-order valence-electron chi connectivity index (χ1n) is 4.55. The highest BCUT2D eigenvalue weighted by Crippen LogP contribution is 2.48. The van der Waals surface area contributed by atoms with Crippen molar-refractivity contribution in [1.29, 1.82) is 0 Å². The minimum Gasteiger partial charge on any atom is -0.488 e. The summed E-state index contributed by atoms with van der Waals surface area (Å²) < 4.78 is 5.43. The highest BCUT2D eigenvalue weighted by atomic mass is 80.0. The van der Waals surface area contributed by atoms with E-state index in [0.717, 1.165) is 11.3 Å². The van der Waals surface area contributed by atoms with Crippen molar-refractivity contribution in [2.24, 2.45) is 0 Å². The summed E-state index contributed by atoms with van der Waals surface area (Å²) >= 11 is 10.5. The molecule has 0 aliphatic heterocycles. The van der Waals surface area contributed by atoms with Crippen LogP contribution in [-0.4, -0.2) is 5.60 Å². The second-order valence-electron chi connectivity index (χ2n) is 4.21.